The summed E-state index contributed by atoms with van der Waals surface area (Å²) >= 11 is 0. The van der Waals surface area contributed by atoms with Gasteiger partial charge >= 0.3 is 0 Å². The Hall–Kier alpha value is -2.24. The normalized spacial score (nSPS) is 10.5. The highest BCUT2D eigenvalue weighted by Gasteiger charge is 2.22. The molecule has 0 aliphatic heterocycles. The van der Waals surface area contributed by atoms with Crippen molar-refractivity contribution >= 4 is 12.1 Å². The number of aromatic nitrogens is 4. The summed E-state index contributed by atoms with van der Waals surface area (Å²) in [5.74, 6) is -0.238. The molecule has 0 unspecified atom stereocenters. The molecule has 0 saturated heterocycles. The van der Waals surface area contributed by atoms with Crippen LogP contribution in [0.5, 0.6) is 0 Å². The van der Waals surface area contributed by atoms with Gasteiger partial charge in [0.25, 0.3) is 0 Å². The van der Waals surface area contributed by atoms with Crippen molar-refractivity contribution in [3.8, 4) is 0 Å². The molecule has 2 rings (SSSR count). The van der Waals surface area contributed by atoms with Crippen LogP contribution in [0, 0.1) is 6.92 Å². The molecular weight excluding hydrogens is 220 g/mol. The van der Waals surface area contributed by atoms with Gasteiger partial charge in [0.2, 0.25) is 5.78 Å². The zero-order valence-electron chi connectivity index (χ0n) is 9.84. The number of carbonyl (C=O) groups is 2. The van der Waals surface area contributed by atoms with Crippen molar-refractivity contribution in [2.24, 2.45) is 14.1 Å². The van der Waals surface area contributed by atoms with Gasteiger partial charge in [-0.2, -0.15) is 10.2 Å². The number of nitrogens with zero attached hydrogens (tertiary/aromatic N) is 4. The molecule has 0 aromatic carbocycles. The Morgan fingerprint density at radius 3 is 2.59 bits per heavy atom. The number of aryl methyl sites for hydroxylation is 3. The van der Waals surface area contributed by atoms with E-state index in [-0.39, 0.29) is 11.5 Å². The summed E-state index contributed by atoms with van der Waals surface area (Å²) in [7, 11) is 3.32. The SMILES string of the molecule is Cc1nn(C)c(C=O)c1C(=O)c1ccnn1C. The zero-order chi connectivity index (χ0) is 12.6. The van der Waals surface area contributed by atoms with Crippen molar-refractivity contribution in [2.45, 2.75) is 6.92 Å². The molecule has 6 nitrogen and oxygen atoms in total. The van der Waals surface area contributed by atoms with E-state index in [0.29, 0.717) is 23.2 Å². The first kappa shape index (κ1) is 11.3. The van der Waals surface area contributed by atoms with Crippen molar-refractivity contribution in [2.75, 3.05) is 0 Å². The molecule has 0 saturated carbocycles. The summed E-state index contributed by atoms with van der Waals surface area (Å²) in [5.41, 5.74) is 1.60. The third kappa shape index (κ3) is 1.67. The summed E-state index contributed by atoms with van der Waals surface area (Å²) in [6.45, 7) is 1.70. The first-order valence-corrected chi connectivity index (χ1v) is 5.07. The van der Waals surface area contributed by atoms with Gasteiger partial charge in [0.15, 0.2) is 6.29 Å². The van der Waals surface area contributed by atoms with E-state index in [0.717, 1.165) is 0 Å². The minimum absolute atomic E-state index is 0.238. The smallest absolute Gasteiger partial charge is 0.215 e. The molecule has 2 aromatic heterocycles. The summed E-state index contributed by atoms with van der Waals surface area (Å²) in [4.78, 5) is 23.3. The van der Waals surface area contributed by atoms with Crippen molar-refractivity contribution < 1.29 is 9.59 Å². The Balaban J connectivity index is 2.59. The van der Waals surface area contributed by atoms with Crippen LogP contribution < -0.4 is 0 Å². The summed E-state index contributed by atoms with van der Waals surface area (Å²) in [6, 6.07) is 1.61. The molecule has 6 heteroatoms. The largest absolute Gasteiger partial charge is 0.296 e. The van der Waals surface area contributed by atoms with Crippen LogP contribution in [0.15, 0.2) is 12.3 Å². The van der Waals surface area contributed by atoms with Gasteiger partial charge < -0.3 is 0 Å². The molecule has 0 bridgehead atoms. The van der Waals surface area contributed by atoms with E-state index in [1.807, 2.05) is 0 Å². The highest BCUT2D eigenvalue weighted by atomic mass is 16.1. The van der Waals surface area contributed by atoms with Crippen LogP contribution in [0.1, 0.15) is 32.2 Å². The lowest BCUT2D eigenvalue weighted by Crippen LogP contribution is -2.11. The molecule has 2 aromatic rings. The summed E-state index contributed by atoms with van der Waals surface area (Å²) in [5, 5.41) is 8.01. The van der Waals surface area contributed by atoms with Gasteiger partial charge in [-0.25, -0.2) is 0 Å². The van der Waals surface area contributed by atoms with Crippen molar-refractivity contribution in [3.05, 3.63) is 34.9 Å². The third-order valence-corrected chi connectivity index (χ3v) is 2.66. The molecule has 0 N–H and O–H groups in total. The van der Waals surface area contributed by atoms with Gasteiger partial charge in [-0.15, -0.1) is 0 Å². The van der Waals surface area contributed by atoms with E-state index in [2.05, 4.69) is 10.2 Å². The number of aldehydes is 1. The number of hydrogen-bond donors (Lipinski definition) is 0. The van der Waals surface area contributed by atoms with Gasteiger partial charge in [0, 0.05) is 20.3 Å². The molecule has 0 aliphatic carbocycles. The molecule has 0 radical (unpaired) electrons. The molecule has 0 fully saturated rings. The standard InChI is InChI=1S/C11H12N4O2/c1-7-10(9(6-16)15(3)13-7)11(17)8-4-5-12-14(8)2/h4-6H,1-3H3. The molecule has 17 heavy (non-hydrogen) atoms. The predicted octanol–water partition coefficient (Wildman–Crippen LogP) is 0.506. The summed E-state index contributed by atoms with van der Waals surface area (Å²) < 4.78 is 2.88. The minimum atomic E-state index is -0.238. The first-order valence-electron chi connectivity index (χ1n) is 5.07. The maximum Gasteiger partial charge on any atom is 0.215 e. The predicted molar refractivity (Wildman–Crippen MR) is 60.0 cm³/mol. The lowest BCUT2D eigenvalue weighted by Gasteiger charge is -2.01. The lowest BCUT2D eigenvalue weighted by atomic mass is 10.1. The highest BCUT2D eigenvalue weighted by molar-refractivity contribution is 6.12. The second kappa shape index (κ2) is 3.97. The Bertz CT molecular complexity index is 595. The monoisotopic (exact) mass is 232 g/mol. The van der Waals surface area contributed by atoms with Crippen LogP contribution in [0.4, 0.5) is 0 Å². The quantitative estimate of drug-likeness (QED) is 0.571. The van der Waals surface area contributed by atoms with Crippen LogP contribution in [0.25, 0.3) is 0 Å². The minimum Gasteiger partial charge on any atom is -0.296 e. The van der Waals surface area contributed by atoms with E-state index in [1.54, 1.807) is 33.3 Å². The molecular formula is C11H12N4O2. The zero-order valence-corrected chi connectivity index (χ0v) is 9.84. The van der Waals surface area contributed by atoms with Gasteiger partial charge in [-0.05, 0) is 13.0 Å². The number of hydrogen-bond acceptors (Lipinski definition) is 4. The van der Waals surface area contributed by atoms with Gasteiger partial charge in [-0.1, -0.05) is 0 Å². The second-order valence-electron chi connectivity index (χ2n) is 3.76. The van der Waals surface area contributed by atoms with E-state index >= 15 is 0 Å². The van der Waals surface area contributed by atoms with Crippen LogP contribution in [-0.2, 0) is 14.1 Å². The average Bonchev–Trinajstić information content (AvgIpc) is 2.81. The maximum absolute atomic E-state index is 12.3. The van der Waals surface area contributed by atoms with Crippen molar-refractivity contribution in [1.29, 1.82) is 0 Å². The Morgan fingerprint density at radius 1 is 1.35 bits per heavy atom. The second-order valence-corrected chi connectivity index (χ2v) is 3.76. The number of rotatable bonds is 3. The van der Waals surface area contributed by atoms with Crippen LogP contribution in [0.2, 0.25) is 0 Å². The summed E-state index contributed by atoms with van der Waals surface area (Å²) in [6.07, 6.45) is 2.18. The molecule has 2 heterocycles. The van der Waals surface area contributed by atoms with Gasteiger partial charge in [0.1, 0.15) is 11.4 Å². The van der Waals surface area contributed by atoms with Crippen LogP contribution in [-0.4, -0.2) is 31.6 Å². The molecule has 88 valence electrons. The van der Waals surface area contributed by atoms with E-state index in [1.165, 1.54) is 9.36 Å². The van der Waals surface area contributed by atoms with Crippen LogP contribution in [0.3, 0.4) is 0 Å². The molecule has 0 amide bonds. The van der Waals surface area contributed by atoms with Gasteiger partial charge in [-0.3, -0.25) is 19.0 Å². The fourth-order valence-corrected chi connectivity index (χ4v) is 1.82. The van der Waals surface area contributed by atoms with Crippen LogP contribution >= 0.6 is 0 Å². The Labute approximate surface area is 97.9 Å². The number of carbonyl (C=O) groups excluding carboxylic acids is 2. The first-order chi connectivity index (χ1) is 8.06. The van der Waals surface area contributed by atoms with E-state index < -0.39 is 0 Å². The van der Waals surface area contributed by atoms with Crippen molar-refractivity contribution in [3.63, 3.8) is 0 Å². The van der Waals surface area contributed by atoms with E-state index in [4.69, 9.17) is 0 Å². The number of ketones is 1. The average molecular weight is 232 g/mol. The fourth-order valence-electron chi connectivity index (χ4n) is 1.82. The maximum atomic E-state index is 12.3. The molecule has 0 spiro atoms. The molecule has 0 aliphatic rings. The Morgan fingerprint density at radius 2 is 2.06 bits per heavy atom. The highest BCUT2D eigenvalue weighted by Crippen LogP contribution is 2.16. The molecule has 0 atom stereocenters. The third-order valence-electron chi connectivity index (χ3n) is 2.66. The van der Waals surface area contributed by atoms with Gasteiger partial charge in [0.05, 0.1) is 11.3 Å². The van der Waals surface area contributed by atoms with E-state index in [9.17, 15) is 9.59 Å². The van der Waals surface area contributed by atoms with Crippen molar-refractivity contribution in [1.82, 2.24) is 19.6 Å². The fraction of sp³-hybridized carbons (Fsp3) is 0.273. The Kier molecular flexibility index (Phi) is 2.63. The lowest BCUT2D eigenvalue weighted by molar-refractivity contribution is 0.102. The topological polar surface area (TPSA) is 69.8 Å².